The van der Waals surface area contributed by atoms with E-state index >= 15 is 0 Å². The molecule has 1 nitrogen and oxygen atoms in total. The van der Waals surface area contributed by atoms with Crippen molar-refractivity contribution >= 4 is 0 Å². The van der Waals surface area contributed by atoms with Gasteiger partial charge in [-0.05, 0) is 42.9 Å². The molecule has 1 rings (SSSR count). The van der Waals surface area contributed by atoms with Gasteiger partial charge < -0.3 is 5.11 Å². The zero-order chi connectivity index (χ0) is 11.6. The van der Waals surface area contributed by atoms with Gasteiger partial charge in [0.2, 0.25) is 0 Å². The Balaban J connectivity index is 2.70. The topological polar surface area (TPSA) is 20.2 Å². The van der Waals surface area contributed by atoms with E-state index in [1.54, 1.807) is 0 Å². The predicted octanol–water partition coefficient (Wildman–Crippen LogP) is 3.86. The highest BCUT2D eigenvalue weighted by molar-refractivity contribution is 4.91. The van der Waals surface area contributed by atoms with E-state index < -0.39 is 5.60 Å². The van der Waals surface area contributed by atoms with E-state index in [4.69, 9.17) is 0 Å². The van der Waals surface area contributed by atoms with Crippen molar-refractivity contribution < 1.29 is 5.11 Å². The molecule has 90 valence electrons. The summed E-state index contributed by atoms with van der Waals surface area (Å²) in [7, 11) is 0. The van der Waals surface area contributed by atoms with Gasteiger partial charge in [-0.2, -0.15) is 0 Å². The Kier molecular flexibility index (Phi) is 4.22. The molecular weight excluding hydrogens is 184 g/mol. The van der Waals surface area contributed by atoms with E-state index in [1.807, 2.05) is 0 Å². The number of hydrogen-bond donors (Lipinski definition) is 1. The van der Waals surface area contributed by atoms with Gasteiger partial charge >= 0.3 is 0 Å². The van der Waals surface area contributed by atoms with Crippen LogP contribution in [0.15, 0.2) is 0 Å². The van der Waals surface area contributed by atoms with Crippen LogP contribution in [0.5, 0.6) is 0 Å². The highest BCUT2D eigenvalue weighted by Gasteiger charge is 2.40. The van der Waals surface area contributed by atoms with Gasteiger partial charge in [-0.3, -0.25) is 0 Å². The average Bonchev–Trinajstić information content (AvgIpc) is 2.20. The van der Waals surface area contributed by atoms with E-state index in [9.17, 15) is 5.11 Å². The van der Waals surface area contributed by atoms with Gasteiger partial charge in [0.15, 0.2) is 0 Å². The van der Waals surface area contributed by atoms with Crippen LogP contribution in [0.25, 0.3) is 0 Å². The third-order valence-electron chi connectivity index (χ3n) is 4.87. The molecule has 4 unspecified atom stereocenters. The molecule has 0 aromatic heterocycles. The van der Waals surface area contributed by atoms with E-state index in [-0.39, 0.29) is 0 Å². The Morgan fingerprint density at radius 3 is 2.20 bits per heavy atom. The maximum absolute atomic E-state index is 10.7. The second-order valence-corrected chi connectivity index (χ2v) is 5.96. The van der Waals surface area contributed by atoms with Crippen LogP contribution in [0.3, 0.4) is 0 Å². The van der Waals surface area contributed by atoms with Crippen LogP contribution in [-0.4, -0.2) is 10.7 Å². The van der Waals surface area contributed by atoms with Crippen molar-refractivity contribution in [3.63, 3.8) is 0 Å². The van der Waals surface area contributed by atoms with Crippen molar-refractivity contribution in [1.82, 2.24) is 0 Å². The standard InChI is InChI=1S/C14H28O/c1-6-14(15,10(2)3)13-8-7-11(4)12(5)9-13/h10-13,15H,6-9H2,1-5H3. The minimum Gasteiger partial charge on any atom is -0.389 e. The Hall–Kier alpha value is -0.0400. The van der Waals surface area contributed by atoms with Gasteiger partial charge in [0.05, 0.1) is 5.60 Å². The molecule has 15 heavy (non-hydrogen) atoms. The molecule has 1 fully saturated rings. The van der Waals surface area contributed by atoms with Gasteiger partial charge in [-0.15, -0.1) is 0 Å². The minimum absolute atomic E-state index is 0.383. The lowest BCUT2D eigenvalue weighted by atomic mass is 9.65. The monoisotopic (exact) mass is 212 g/mol. The molecule has 4 atom stereocenters. The summed E-state index contributed by atoms with van der Waals surface area (Å²) in [6, 6.07) is 0. The number of hydrogen-bond acceptors (Lipinski definition) is 1. The van der Waals surface area contributed by atoms with Crippen LogP contribution in [0.1, 0.15) is 60.3 Å². The molecule has 1 aliphatic carbocycles. The summed E-state index contributed by atoms with van der Waals surface area (Å²) in [5, 5.41) is 10.7. The van der Waals surface area contributed by atoms with Gasteiger partial charge in [-0.1, -0.05) is 41.0 Å². The Bertz CT molecular complexity index is 200. The van der Waals surface area contributed by atoms with Crippen LogP contribution in [0.2, 0.25) is 0 Å². The lowest BCUT2D eigenvalue weighted by molar-refractivity contribution is -0.0842. The van der Waals surface area contributed by atoms with Gasteiger partial charge in [-0.25, -0.2) is 0 Å². The Labute approximate surface area is 95.3 Å². The van der Waals surface area contributed by atoms with Crippen molar-refractivity contribution in [2.45, 2.75) is 65.9 Å². The minimum atomic E-state index is -0.422. The predicted molar refractivity (Wildman–Crippen MR) is 65.7 cm³/mol. The third kappa shape index (κ3) is 2.55. The van der Waals surface area contributed by atoms with Crippen molar-refractivity contribution in [1.29, 1.82) is 0 Å². The first-order valence-corrected chi connectivity index (χ1v) is 6.64. The SMILES string of the molecule is CCC(O)(C(C)C)C1CCC(C)C(C)C1. The van der Waals surface area contributed by atoms with Gasteiger partial charge in [0.1, 0.15) is 0 Å². The first-order valence-electron chi connectivity index (χ1n) is 6.64. The molecule has 0 bridgehead atoms. The van der Waals surface area contributed by atoms with Crippen molar-refractivity contribution in [2.24, 2.45) is 23.7 Å². The summed E-state index contributed by atoms with van der Waals surface area (Å²) in [4.78, 5) is 0. The molecule has 0 aliphatic heterocycles. The van der Waals surface area contributed by atoms with Gasteiger partial charge in [0, 0.05) is 0 Å². The molecule has 0 spiro atoms. The van der Waals surface area contributed by atoms with E-state index in [0.29, 0.717) is 11.8 Å². The van der Waals surface area contributed by atoms with Gasteiger partial charge in [0.25, 0.3) is 0 Å². The zero-order valence-electron chi connectivity index (χ0n) is 11.1. The molecular formula is C14H28O. The third-order valence-corrected chi connectivity index (χ3v) is 4.87. The maximum atomic E-state index is 10.7. The first kappa shape index (κ1) is 13.0. The highest BCUT2D eigenvalue weighted by Crippen LogP contribution is 2.43. The van der Waals surface area contributed by atoms with E-state index in [2.05, 4.69) is 34.6 Å². The van der Waals surface area contributed by atoms with Crippen LogP contribution < -0.4 is 0 Å². The number of rotatable bonds is 3. The van der Waals surface area contributed by atoms with Crippen molar-refractivity contribution in [3.8, 4) is 0 Å². The smallest absolute Gasteiger partial charge is 0.0696 e. The molecule has 1 aliphatic rings. The van der Waals surface area contributed by atoms with Crippen molar-refractivity contribution in [2.75, 3.05) is 0 Å². The summed E-state index contributed by atoms with van der Waals surface area (Å²) in [6.07, 6.45) is 4.62. The number of aliphatic hydroxyl groups is 1. The van der Waals surface area contributed by atoms with Crippen LogP contribution in [0.4, 0.5) is 0 Å². The summed E-state index contributed by atoms with van der Waals surface area (Å²) >= 11 is 0. The molecule has 0 saturated heterocycles. The molecule has 1 N–H and O–H groups in total. The van der Waals surface area contributed by atoms with Crippen LogP contribution in [-0.2, 0) is 0 Å². The average molecular weight is 212 g/mol. The zero-order valence-corrected chi connectivity index (χ0v) is 11.1. The molecule has 0 aromatic rings. The fourth-order valence-corrected chi connectivity index (χ4v) is 3.17. The highest BCUT2D eigenvalue weighted by atomic mass is 16.3. The fourth-order valence-electron chi connectivity index (χ4n) is 3.17. The Morgan fingerprint density at radius 2 is 1.80 bits per heavy atom. The molecule has 0 aromatic carbocycles. The molecule has 1 heteroatoms. The normalized spacial score (nSPS) is 36.6. The summed E-state index contributed by atoms with van der Waals surface area (Å²) in [6.45, 7) is 11.1. The van der Waals surface area contributed by atoms with Crippen LogP contribution >= 0.6 is 0 Å². The Morgan fingerprint density at radius 1 is 1.20 bits per heavy atom. The molecule has 0 heterocycles. The fraction of sp³-hybridized carbons (Fsp3) is 1.00. The summed E-state index contributed by atoms with van der Waals surface area (Å²) in [5.74, 6) is 2.52. The van der Waals surface area contributed by atoms with E-state index in [0.717, 1.165) is 18.3 Å². The maximum Gasteiger partial charge on any atom is 0.0696 e. The quantitative estimate of drug-likeness (QED) is 0.753. The van der Waals surface area contributed by atoms with Crippen molar-refractivity contribution in [3.05, 3.63) is 0 Å². The second kappa shape index (κ2) is 4.86. The molecule has 0 radical (unpaired) electrons. The first-order chi connectivity index (χ1) is 6.91. The molecule has 0 amide bonds. The molecule has 1 saturated carbocycles. The van der Waals surface area contributed by atoms with E-state index in [1.165, 1.54) is 19.3 Å². The largest absolute Gasteiger partial charge is 0.389 e. The summed E-state index contributed by atoms with van der Waals surface area (Å²) in [5.41, 5.74) is -0.422. The summed E-state index contributed by atoms with van der Waals surface area (Å²) < 4.78 is 0. The lowest BCUT2D eigenvalue weighted by Crippen LogP contribution is -2.45. The second-order valence-electron chi connectivity index (χ2n) is 5.96. The lowest BCUT2D eigenvalue weighted by Gasteiger charge is -2.44. The van der Waals surface area contributed by atoms with Crippen LogP contribution in [0, 0.1) is 23.7 Å².